The lowest BCUT2D eigenvalue weighted by atomic mass is 10.0. The van der Waals surface area contributed by atoms with Crippen molar-refractivity contribution in [1.82, 2.24) is 10.2 Å². The fourth-order valence-corrected chi connectivity index (χ4v) is 2.68. The molecule has 0 radical (unpaired) electrons. The highest BCUT2D eigenvalue weighted by Gasteiger charge is 2.30. The van der Waals surface area contributed by atoms with Gasteiger partial charge in [0.25, 0.3) is 0 Å². The van der Waals surface area contributed by atoms with Crippen LogP contribution in [-0.4, -0.2) is 63.0 Å². The van der Waals surface area contributed by atoms with Crippen LogP contribution in [0.3, 0.4) is 0 Å². The standard InChI is InChI=1S/C12H24N2O2/c1-2-13-11-4-8-16-10-12(11)14-5-3-7-15-9-6-14/h11-13H,2-10H2,1H3. The highest BCUT2D eigenvalue weighted by Crippen LogP contribution is 2.16. The molecule has 4 nitrogen and oxygen atoms in total. The van der Waals surface area contributed by atoms with Crippen LogP contribution < -0.4 is 5.32 Å². The molecule has 2 unspecified atom stereocenters. The zero-order valence-corrected chi connectivity index (χ0v) is 10.3. The quantitative estimate of drug-likeness (QED) is 0.761. The summed E-state index contributed by atoms with van der Waals surface area (Å²) in [5.74, 6) is 0. The molecule has 4 heteroatoms. The van der Waals surface area contributed by atoms with Crippen molar-refractivity contribution in [2.75, 3.05) is 46.1 Å². The van der Waals surface area contributed by atoms with Gasteiger partial charge in [-0.2, -0.15) is 0 Å². The second-order valence-corrected chi connectivity index (χ2v) is 4.60. The number of nitrogens with one attached hydrogen (secondary N) is 1. The Morgan fingerprint density at radius 3 is 3.00 bits per heavy atom. The molecule has 0 aromatic carbocycles. The highest BCUT2D eigenvalue weighted by molar-refractivity contribution is 4.87. The predicted molar refractivity (Wildman–Crippen MR) is 63.7 cm³/mol. The van der Waals surface area contributed by atoms with E-state index in [1.54, 1.807) is 0 Å². The van der Waals surface area contributed by atoms with Gasteiger partial charge < -0.3 is 14.8 Å². The Kier molecular flexibility index (Phi) is 5.03. The van der Waals surface area contributed by atoms with Crippen molar-refractivity contribution in [3.63, 3.8) is 0 Å². The van der Waals surface area contributed by atoms with Gasteiger partial charge in [-0.1, -0.05) is 6.92 Å². The molecule has 0 saturated carbocycles. The Hall–Kier alpha value is -0.160. The first-order valence-corrected chi connectivity index (χ1v) is 6.54. The Morgan fingerprint density at radius 1 is 1.19 bits per heavy atom. The third-order valence-corrected chi connectivity index (χ3v) is 3.52. The van der Waals surface area contributed by atoms with Gasteiger partial charge in [0.2, 0.25) is 0 Å². The van der Waals surface area contributed by atoms with Crippen molar-refractivity contribution >= 4 is 0 Å². The van der Waals surface area contributed by atoms with Crippen molar-refractivity contribution in [1.29, 1.82) is 0 Å². The van der Waals surface area contributed by atoms with Crippen LogP contribution in [0.2, 0.25) is 0 Å². The van der Waals surface area contributed by atoms with Crippen LogP contribution in [0.1, 0.15) is 19.8 Å². The Morgan fingerprint density at radius 2 is 2.12 bits per heavy atom. The molecule has 0 spiro atoms. The lowest BCUT2D eigenvalue weighted by Gasteiger charge is -2.39. The van der Waals surface area contributed by atoms with Crippen LogP contribution in [0.15, 0.2) is 0 Å². The molecule has 0 aromatic rings. The summed E-state index contributed by atoms with van der Waals surface area (Å²) in [6.45, 7) is 8.98. The summed E-state index contributed by atoms with van der Waals surface area (Å²) in [7, 11) is 0. The van der Waals surface area contributed by atoms with Gasteiger partial charge in [-0.15, -0.1) is 0 Å². The lowest BCUT2D eigenvalue weighted by Crippen LogP contribution is -2.55. The van der Waals surface area contributed by atoms with Crippen LogP contribution in [0.25, 0.3) is 0 Å². The molecular weight excluding hydrogens is 204 g/mol. The molecule has 2 atom stereocenters. The SMILES string of the molecule is CCNC1CCOCC1N1CCCOCC1. The minimum atomic E-state index is 0.537. The lowest BCUT2D eigenvalue weighted by molar-refractivity contribution is -0.00337. The first-order valence-electron chi connectivity index (χ1n) is 6.54. The largest absolute Gasteiger partial charge is 0.380 e. The van der Waals surface area contributed by atoms with E-state index in [1.165, 1.54) is 0 Å². The summed E-state index contributed by atoms with van der Waals surface area (Å²) in [5.41, 5.74) is 0. The summed E-state index contributed by atoms with van der Waals surface area (Å²) in [4.78, 5) is 2.54. The molecule has 2 aliphatic heterocycles. The van der Waals surface area contributed by atoms with Gasteiger partial charge in [0.15, 0.2) is 0 Å². The van der Waals surface area contributed by atoms with E-state index in [2.05, 4.69) is 17.1 Å². The molecule has 94 valence electrons. The molecule has 0 amide bonds. The van der Waals surface area contributed by atoms with Gasteiger partial charge >= 0.3 is 0 Å². The molecule has 2 aliphatic rings. The maximum atomic E-state index is 5.63. The molecular formula is C12H24N2O2. The van der Waals surface area contributed by atoms with Crippen molar-refractivity contribution in [3.05, 3.63) is 0 Å². The van der Waals surface area contributed by atoms with E-state index >= 15 is 0 Å². The van der Waals surface area contributed by atoms with Crippen molar-refractivity contribution in [2.45, 2.75) is 31.8 Å². The number of likely N-dealkylation sites (N-methyl/N-ethyl adjacent to an activating group) is 1. The van der Waals surface area contributed by atoms with Gasteiger partial charge in [-0.3, -0.25) is 4.90 Å². The number of hydrogen-bond donors (Lipinski definition) is 1. The van der Waals surface area contributed by atoms with Gasteiger partial charge in [0.1, 0.15) is 0 Å². The molecule has 2 heterocycles. The predicted octanol–water partition coefficient (Wildman–Crippen LogP) is 0.476. The fourth-order valence-electron chi connectivity index (χ4n) is 2.68. The fraction of sp³-hybridized carbons (Fsp3) is 1.00. The van der Waals surface area contributed by atoms with Gasteiger partial charge in [0.05, 0.1) is 13.2 Å². The number of ether oxygens (including phenoxy) is 2. The summed E-state index contributed by atoms with van der Waals surface area (Å²) >= 11 is 0. The Labute approximate surface area is 98.3 Å². The van der Waals surface area contributed by atoms with E-state index < -0.39 is 0 Å². The van der Waals surface area contributed by atoms with E-state index in [-0.39, 0.29) is 0 Å². The first kappa shape index (κ1) is 12.3. The van der Waals surface area contributed by atoms with Crippen LogP contribution in [0.5, 0.6) is 0 Å². The molecule has 2 saturated heterocycles. The van der Waals surface area contributed by atoms with E-state index in [4.69, 9.17) is 9.47 Å². The molecule has 2 fully saturated rings. The second-order valence-electron chi connectivity index (χ2n) is 4.60. The van der Waals surface area contributed by atoms with Crippen molar-refractivity contribution < 1.29 is 9.47 Å². The summed E-state index contributed by atoms with van der Waals surface area (Å²) in [6, 6.07) is 1.13. The molecule has 1 N–H and O–H groups in total. The van der Waals surface area contributed by atoms with E-state index in [0.29, 0.717) is 12.1 Å². The maximum Gasteiger partial charge on any atom is 0.0637 e. The summed E-state index contributed by atoms with van der Waals surface area (Å²) < 4.78 is 11.1. The number of rotatable bonds is 3. The highest BCUT2D eigenvalue weighted by atomic mass is 16.5. The Bertz CT molecular complexity index is 191. The zero-order chi connectivity index (χ0) is 11.2. The maximum absolute atomic E-state index is 5.63. The van der Waals surface area contributed by atoms with Gasteiger partial charge in [-0.05, 0) is 19.4 Å². The van der Waals surface area contributed by atoms with Crippen molar-refractivity contribution in [3.8, 4) is 0 Å². The Balaban J connectivity index is 1.92. The van der Waals surface area contributed by atoms with E-state index in [9.17, 15) is 0 Å². The van der Waals surface area contributed by atoms with Crippen LogP contribution in [0, 0.1) is 0 Å². The molecule has 2 rings (SSSR count). The molecule has 0 aliphatic carbocycles. The van der Waals surface area contributed by atoms with Crippen LogP contribution in [0.4, 0.5) is 0 Å². The average molecular weight is 228 g/mol. The third-order valence-electron chi connectivity index (χ3n) is 3.52. The molecule has 16 heavy (non-hydrogen) atoms. The van der Waals surface area contributed by atoms with E-state index in [0.717, 1.165) is 58.9 Å². The topological polar surface area (TPSA) is 33.7 Å². The van der Waals surface area contributed by atoms with Crippen LogP contribution in [-0.2, 0) is 9.47 Å². The third kappa shape index (κ3) is 3.17. The average Bonchev–Trinajstić information content (AvgIpc) is 2.59. The summed E-state index contributed by atoms with van der Waals surface area (Å²) in [5, 5.41) is 3.59. The smallest absolute Gasteiger partial charge is 0.0637 e. The van der Waals surface area contributed by atoms with E-state index in [1.807, 2.05) is 0 Å². The van der Waals surface area contributed by atoms with Crippen LogP contribution >= 0.6 is 0 Å². The molecule has 0 aromatic heterocycles. The van der Waals surface area contributed by atoms with Crippen molar-refractivity contribution in [2.24, 2.45) is 0 Å². The zero-order valence-electron chi connectivity index (χ0n) is 10.3. The minimum absolute atomic E-state index is 0.537. The number of hydrogen-bond acceptors (Lipinski definition) is 4. The first-order chi connectivity index (χ1) is 7.92. The summed E-state index contributed by atoms with van der Waals surface area (Å²) in [6.07, 6.45) is 2.28. The van der Waals surface area contributed by atoms with Gasteiger partial charge in [0, 0.05) is 38.4 Å². The monoisotopic (exact) mass is 228 g/mol. The number of nitrogens with zero attached hydrogens (tertiary/aromatic N) is 1. The second kappa shape index (κ2) is 6.55. The molecule has 0 bridgehead atoms. The minimum Gasteiger partial charge on any atom is -0.380 e. The normalized spacial score (nSPS) is 33.6. The van der Waals surface area contributed by atoms with Gasteiger partial charge in [-0.25, -0.2) is 0 Å².